The van der Waals surface area contributed by atoms with Gasteiger partial charge in [-0.3, -0.25) is 4.79 Å². The Labute approximate surface area is 145 Å². The van der Waals surface area contributed by atoms with E-state index < -0.39 is 12.1 Å². The molecule has 0 radical (unpaired) electrons. The Kier molecular flexibility index (Phi) is 15.1. The van der Waals surface area contributed by atoms with Crippen molar-refractivity contribution in [3.63, 3.8) is 0 Å². The van der Waals surface area contributed by atoms with Crippen molar-refractivity contribution in [3.05, 3.63) is 48.6 Å². The first-order valence-corrected chi connectivity index (χ1v) is 8.80. The smallest absolute Gasteiger partial charge is 0.303 e. The minimum Gasteiger partial charge on any atom is -0.481 e. The van der Waals surface area contributed by atoms with E-state index in [0.29, 0.717) is 19.3 Å². The Bertz CT molecular complexity index is 421. The zero-order valence-corrected chi connectivity index (χ0v) is 14.7. The van der Waals surface area contributed by atoms with Crippen LogP contribution >= 0.6 is 0 Å². The summed E-state index contributed by atoms with van der Waals surface area (Å²) in [6, 6.07) is 0. The van der Waals surface area contributed by atoms with Crippen LogP contribution in [0.5, 0.6) is 0 Å². The highest BCUT2D eigenvalue weighted by Gasteiger charge is 1.97. The van der Waals surface area contributed by atoms with Gasteiger partial charge in [0.1, 0.15) is 0 Å². The Hall–Kier alpha value is -1.65. The molecule has 0 aromatic carbocycles. The maximum absolute atomic E-state index is 10.3. The van der Waals surface area contributed by atoms with E-state index in [9.17, 15) is 15.0 Å². The summed E-state index contributed by atoms with van der Waals surface area (Å²) in [5, 5.41) is 27.9. The van der Waals surface area contributed by atoms with Crippen molar-refractivity contribution in [1.82, 2.24) is 0 Å². The molecule has 0 fully saturated rings. The number of hydrogen-bond donors (Lipinski definition) is 3. The first-order chi connectivity index (χ1) is 11.6. The first kappa shape index (κ1) is 22.4. The van der Waals surface area contributed by atoms with E-state index in [4.69, 9.17) is 5.11 Å². The lowest BCUT2D eigenvalue weighted by atomic mass is 10.1. The molecule has 1 unspecified atom stereocenters. The van der Waals surface area contributed by atoms with Crippen molar-refractivity contribution in [2.24, 2.45) is 0 Å². The van der Waals surface area contributed by atoms with Crippen LogP contribution in [0, 0.1) is 0 Å². The molecule has 0 spiro atoms. The van der Waals surface area contributed by atoms with Crippen molar-refractivity contribution in [1.29, 1.82) is 0 Å². The fraction of sp³-hybridized carbons (Fsp3) is 0.550. The lowest BCUT2D eigenvalue weighted by Gasteiger charge is -2.02. The number of carboxylic acids is 1. The number of hydrogen-bond acceptors (Lipinski definition) is 3. The van der Waals surface area contributed by atoms with Gasteiger partial charge in [-0.1, -0.05) is 74.8 Å². The Morgan fingerprint density at radius 3 is 2.21 bits per heavy atom. The van der Waals surface area contributed by atoms with Gasteiger partial charge < -0.3 is 15.3 Å². The van der Waals surface area contributed by atoms with Crippen LogP contribution in [-0.4, -0.2) is 33.5 Å². The topological polar surface area (TPSA) is 77.8 Å². The van der Waals surface area contributed by atoms with Crippen LogP contribution in [-0.2, 0) is 4.79 Å². The molecule has 0 heterocycles. The molecule has 0 aliphatic rings. The van der Waals surface area contributed by atoms with Crippen LogP contribution < -0.4 is 0 Å². The Morgan fingerprint density at radius 1 is 0.917 bits per heavy atom. The number of carbonyl (C=O) groups is 1. The first-order valence-electron chi connectivity index (χ1n) is 8.80. The van der Waals surface area contributed by atoms with Gasteiger partial charge in [-0.2, -0.15) is 0 Å². The molecule has 0 amide bonds. The van der Waals surface area contributed by atoms with Crippen LogP contribution in [0.4, 0.5) is 0 Å². The number of aliphatic hydroxyl groups is 2. The molecule has 136 valence electrons. The Balaban J connectivity index is 3.80. The summed E-state index contributed by atoms with van der Waals surface area (Å²) < 4.78 is 0. The van der Waals surface area contributed by atoms with Crippen LogP contribution in [0.25, 0.3) is 0 Å². The third-order valence-electron chi connectivity index (χ3n) is 3.41. The van der Waals surface area contributed by atoms with Gasteiger partial charge in [-0.15, -0.1) is 0 Å². The van der Waals surface area contributed by atoms with E-state index in [0.717, 1.165) is 25.7 Å². The van der Waals surface area contributed by atoms with Gasteiger partial charge in [-0.05, 0) is 25.7 Å². The molecule has 2 atom stereocenters. The molecule has 4 heteroatoms. The monoisotopic (exact) mass is 336 g/mol. The number of allylic oxidation sites excluding steroid dienone is 5. The van der Waals surface area contributed by atoms with Crippen LogP contribution in [0.1, 0.15) is 58.3 Å². The molecule has 24 heavy (non-hydrogen) atoms. The minimum atomic E-state index is -0.777. The van der Waals surface area contributed by atoms with E-state index in [1.54, 1.807) is 18.2 Å². The Morgan fingerprint density at radius 2 is 1.58 bits per heavy atom. The second-order valence-electron chi connectivity index (χ2n) is 5.78. The van der Waals surface area contributed by atoms with Crippen LogP contribution in [0.2, 0.25) is 0 Å². The maximum Gasteiger partial charge on any atom is 0.303 e. The van der Waals surface area contributed by atoms with Crippen LogP contribution in [0.3, 0.4) is 0 Å². The second kappa shape index (κ2) is 16.2. The van der Waals surface area contributed by atoms with E-state index in [-0.39, 0.29) is 12.5 Å². The molecule has 0 bridgehead atoms. The van der Waals surface area contributed by atoms with Crippen molar-refractivity contribution >= 4 is 5.97 Å². The second-order valence-corrected chi connectivity index (χ2v) is 5.78. The third-order valence-corrected chi connectivity index (χ3v) is 3.41. The summed E-state index contributed by atoms with van der Waals surface area (Å²) >= 11 is 0. The molecule has 0 aromatic rings. The van der Waals surface area contributed by atoms with E-state index in [1.165, 1.54) is 0 Å². The normalized spacial score (nSPS) is 15.1. The van der Waals surface area contributed by atoms with Gasteiger partial charge in [-0.25, -0.2) is 0 Å². The highest BCUT2D eigenvalue weighted by molar-refractivity contribution is 5.66. The largest absolute Gasteiger partial charge is 0.481 e. The number of unbranched alkanes of at least 4 members (excludes halogenated alkanes) is 3. The van der Waals surface area contributed by atoms with Crippen LogP contribution in [0.15, 0.2) is 48.6 Å². The number of carboxylic acid groups (broad SMARTS) is 1. The molecule has 0 saturated heterocycles. The summed E-state index contributed by atoms with van der Waals surface area (Å²) in [5.74, 6) is -0.777. The molecular formula is C20H32O4. The van der Waals surface area contributed by atoms with E-state index >= 15 is 0 Å². The van der Waals surface area contributed by atoms with E-state index in [1.807, 2.05) is 30.4 Å². The van der Waals surface area contributed by atoms with Gasteiger partial charge in [0.2, 0.25) is 0 Å². The van der Waals surface area contributed by atoms with Gasteiger partial charge in [0.15, 0.2) is 0 Å². The fourth-order valence-electron chi connectivity index (χ4n) is 2.02. The summed E-state index contributed by atoms with van der Waals surface area (Å²) in [7, 11) is 0. The molecule has 0 rings (SSSR count). The van der Waals surface area contributed by atoms with Crippen molar-refractivity contribution < 1.29 is 20.1 Å². The SMILES string of the molecule is CCCCC[C@H](O)C=CC=CC=CC(O)CC=CCCCC(=O)O. The number of aliphatic carboxylic acids is 1. The van der Waals surface area contributed by atoms with Gasteiger partial charge in [0, 0.05) is 6.42 Å². The fourth-order valence-corrected chi connectivity index (χ4v) is 2.02. The highest BCUT2D eigenvalue weighted by atomic mass is 16.4. The lowest BCUT2D eigenvalue weighted by molar-refractivity contribution is -0.137. The number of aliphatic hydroxyl groups excluding tert-OH is 2. The molecule has 0 aliphatic heterocycles. The molecule has 4 nitrogen and oxygen atoms in total. The summed E-state index contributed by atoms with van der Waals surface area (Å²) in [5.41, 5.74) is 0. The molecule has 3 N–H and O–H groups in total. The minimum absolute atomic E-state index is 0.179. The van der Waals surface area contributed by atoms with E-state index in [2.05, 4.69) is 6.92 Å². The van der Waals surface area contributed by atoms with Gasteiger partial charge in [0.25, 0.3) is 0 Å². The quantitative estimate of drug-likeness (QED) is 0.253. The van der Waals surface area contributed by atoms with Crippen molar-refractivity contribution in [2.75, 3.05) is 0 Å². The maximum atomic E-state index is 10.3. The summed E-state index contributed by atoms with van der Waals surface area (Å²) in [4.78, 5) is 10.3. The van der Waals surface area contributed by atoms with Gasteiger partial charge >= 0.3 is 5.97 Å². The highest BCUT2D eigenvalue weighted by Crippen LogP contribution is 2.04. The molecule has 0 saturated carbocycles. The average Bonchev–Trinajstić information content (AvgIpc) is 2.54. The molecule has 0 aliphatic carbocycles. The number of rotatable bonds is 14. The average molecular weight is 336 g/mol. The molecule has 0 aromatic heterocycles. The predicted molar refractivity (Wildman–Crippen MR) is 98.8 cm³/mol. The summed E-state index contributed by atoms with van der Waals surface area (Å²) in [6.07, 6.45) is 19.7. The lowest BCUT2D eigenvalue weighted by Crippen LogP contribution is -2.00. The zero-order chi connectivity index (χ0) is 18.0. The van der Waals surface area contributed by atoms with Gasteiger partial charge in [0.05, 0.1) is 12.2 Å². The summed E-state index contributed by atoms with van der Waals surface area (Å²) in [6.45, 7) is 2.14. The predicted octanol–water partition coefficient (Wildman–Crippen LogP) is 4.16. The zero-order valence-electron chi connectivity index (χ0n) is 14.7. The standard InChI is InChI=1S/C20H32O4/c1-2-3-8-13-18(21)14-9-4-5-10-15-19(22)16-11-6-7-12-17-20(23)24/h4-6,9-11,14-15,18-19,21-22H,2-3,7-8,12-13,16-17H2,1H3,(H,23,24)/t18-,19?/m0/s1. The third kappa shape index (κ3) is 16.7. The van der Waals surface area contributed by atoms with Crippen molar-refractivity contribution in [2.45, 2.75) is 70.5 Å². The van der Waals surface area contributed by atoms with Crippen molar-refractivity contribution in [3.8, 4) is 0 Å². The molecular weight excluding hydrogens is 304 g/mol.